The zero-order valence-electron chi connectivity index (χ0n) is 12.3. The first-order valence-corrected chi connectivity index (χ1v) is 7.41. The second-order valence-corrected chi connectivity index (χ2v) is 6.16. The van der Waals surface area contributed by atoms with Gasteiger partial charge in [0, 0.05) is 13.1 Å². The predicted octanol–water partition coefficient (Wildman–Crippen LogP) is 2.14. The number of hydrogen-bond donors (Lipinski definition) is 1. The topological polar surface area (TPSA) is 59.0 Å². The minimum atomic E-state index is -0.700. The molecular weight excluding hydrogens is 270 g/mol. The summed E-state index contributed by atoms with van der Waals surface area (Å²) in [5, 5.41) is 9.38. The highest BCUT2D eigenvalue weighted by Gasteiger charge is 2.37. The van der Waals surface area contributed by atoms with Crippen LogP contribution in [0.5, 0.6) is 11.5 Å². The number of fused-ring (bicyclic) bond motifs is 1. The van der Waals surface area contributed by atoms with Gasteiger partial charge in [-0.1, -0.05) is 6.07 Å². The van der Waals surface area contributed by atoms with Crippen molar-refractivity contribution in [1.29, 1.82) is 0 Å². The van der Waals surface area contributed by atoms with Gasteiger partial charge in [-0.05, 0) is 44.0 Å². The Labute approximate surface area is 124 Å². The number of carboxylic acids is 1. The third-order valence-electron chi connectivity index (χ3n) is 4.30. The number of carbonyl (C=O) groups is 1. The Morgan fingerprint density at radius 1 is 1.33 bits per heavy atom. The van der Waals surface area contributed by atoms with E-state index in [1.807, 2.05) is 25.1 Å². The molecule has 2 aliphatic heterocycles. The first kappa shape index (κ1) is 14.2. The zero-order valence-corrected chi connectivity index (χ0v) is 12.3. The van der Waals surface area contributed by atoms with E-state index in [-0.39, 0.29) is 0 Å². The molecule has 5 heteroatoms. The molecule has 1 saturated heterocycles. The Hall–Kier alpha value is -1.75. The molecule has 0 bridgehead atoms. The van der Waals surface area contributed by atoms with Crippen LogP contribution in [0.2, 0.25) is 0 Å². The van der Waals surface area contributed by atoms with Gasteiger partial charge in [0.2, 0.25) is 0 Å². The molecule has 0 saturated carbocycles. The summed E-state index contributed by atoms with van der Waals surface area (Å²) in [7, 11) is 0. The SMILES string of the molecule is CC1(C(=O)O)CCCN(Cc2ccc3c(c2)OCCO3)C1. The van der Waals surface area contributed by atoms with E-state index in [9.17, 15) is 9.90 Å². The summed E-state index contributed by atoms with van der Waals surface area (Å²) in [6.07, 6.45) is 1.67. The minimum Gasteiger partial charge on any atom is -0.486 e. The van der Waals surface area contributed by atoms with Crippen LogP contribution in [0.15, 0.2) is 18.2 Å². The van der Waals surface area contributed by atoms with Crippen LogP contribution in [-0.2, 0) is 11.3 Å². The molecule has 2 heterocycles. The number of rotatable bonds is 3. The van der Waals surface area contributed by atoms with Crippen LogP contribution in [0.25, 0.3) is 0 Å². The predicted molar refractivity (Wildman–Crippen MR) is 77.7 cm³/mol. The molecule has 0 aliphatic carbocycles. The molecule has 1 atom stereocenters. The molecule has 0 amide bonds. The monoisotopic (exact) mass is 291 g/mol. The van der Waals surface area contributed by atoms with Gasteiger partial charge in [0.1, 0.15) is 13.2 Å². The normalized spacial score (nSPS) is 25.6. The molecular formula is C16H21NO4. The van der Waals surface area contributed by atoms with E-state index in [1.54, 1.807) is 0 Å². The largest absolute Gasteiger partial charge is 0.486 e. The quantitative estimate of drug-likeness (QED) is 0.924. The van der Waals surface area contributed by atoms with Crippen LogP contribution in [0.1, 0.15) is 25.3 Å². The second-order valence-electron chi connectivity index (χ2n) is 6.16. The van der Waals surface area contributed by atoms with Gasteiger partial charge >= 0.3 is 5.97 Å². The molecule has 0 spiro atoms. The maximum Gasteiger partial charge on any atom is 0.310 e. The van der Waals surface area contributed by atoms with Crippen molar-refractivity contribution in [3.05, 3.63) is 23.8 Å². The first-order chi connectivity index (χ1) is 10.1. The molecule has 2 aliphatic rings. The van der Waals surface area contributed by atoms with Gasteiger partial charge in [0.15, 0.2) is 11.5 Å². The second kappa shape index (κ2) is 5.56. The van der Waals surface area contributed by atoms with E-state index in [0.717, 1.165) is 43.0 Å². The summed E-state index contributed by atoms with van der Waals surface area (Å²) >= 11 is 0. The highest BCUT2D eigenvalue weighted by molar-refractivity contribution is 5.74. The Morgan fingerprint density at radius 3 is 2.86 bits per heavy atom. The van der Waals surface area contributed by atoms with E-state index >= 15 is 0 Å². The number of ether oxygens (including phenoxy) is 2. The molecule has 21 heavy (non-hydrogen) atoms. The average Bonchev–Trinajstić information content (AvgIpc) is 2.47. The molecule has 1 aromatic rings. The fraction of sp³-hybridized carbons (Fsp3) is 0.562. The fourth-order valence-electron chi connectivity index (χ4n) is 3.10. The van der Waals surface area contributed by atoms with Crippen LogP contribution in [0, 0.1) is 5.41 Å². The molecule has 0 aromatic heterocycles. The van der Waals surface area contributed by atoms with Crippen LogP contribution in [0.4, 0.5) is 0 Å². The third kappa shape index (κ3) is 2.97. The summed E-state index contributed by atoms with van der Waals surface area (Å²) in [6.45, 7) is 5.30. The van der Waals surface area contributed by atoms with Crippen LogP contribution < -0.4 is 9.47 Å². The molecule has 1 fully saturated rings. The number of piperidine rings is 1. The van der Waals surface area contributed by atoms with E-state index in [2.05, 4.69) is 4.90 Å². The first-order valence-electron chi connectivity index (χ1n) is 7.41. The van der Waals surface area contributed by atoms with Crippen molar-refractivity contribution in [3.63, 3.8) is 0 Å². The summed E-state index contributed by atoms with van der Waals surface area (Å²) in [4.78, 5) is 13.6. The summed E-state index contributed by atoms with van der Waals surface area (Å²) in [5.41, 5.74) is 0.500. The van der Waals surface area contributed by atoms with Gasteiger partial charge in [-0.3, -0.25) is 9.69 Å². The van der Waals surface area contributed by atoms with Crippen molar-refractivity contribution in [2.75, 3.05) is 26.3 Å². The molecule has 1 aromatic carbocycles. The maximum atomic E-state index is 11.4. The van der Waals surface area contributed by atoms with Crippen LogP contribution >= 0.6 is 0 Å². The lowest BCUT2D eigenvalue weighted by molar-refractivity contribution is -0.151. The lowest BCUT2D eigenvalue weighted by Gasteiger charge is -2.37. The molecule has 1 N–H and O–H groups in total. The summed E-state index contributed by atoms with van der Waals surface area (Å²) in [5.74, 6) is 0.880. The number of benzene rings is 1. The minimum absolute atomic E-state index is 0.581. The van der Waals surface area contributed by atoms with Gasteiger partial charge in [-0.2, -0.15) is 0 Å². The van der Waals surface area contributed by atoms with Gasteiger partial charge in [-0.15, -0.1) is 0 Å². The molecule has 1 unspecified atom stereocenters. The van der Waals surface area contributed by atoms with Crippen molar-refractivity contribution in [1.82, 2.24) is 4.90 Å². The van der Waals surface area contributed by atoms with Crippen molar-refractivity contribution in [3.8, 4) is 11.5 Å². The van der Waals surface area contributed by atoms with Gasteiger partial charge in [-0.25, -0.2) is 0 Å². The van der Waals surface area contributed by atoms with Gasteiger partial charge in [0.05, 0.1) is 5.41 Å². The standard InChI is InChI=1S/C16H21NO4/c1-16(15(18)19)5-2-6-17(11-16)10-12-3-4-13-14(9-12)21-8-7-20-13/h3-4,9H,2,5-8,10-11H2,1H3,(H,18,19). The fourth-order valence-corrected chi connectivity index (χ4v) is 3.10. The maximum absolute atomic E-state index is 11.4. The number of nitrogens with zero attached hydrogens (tertiary/aromatic N) is 1. The van der Waals surface area contributed by atoms with E-state index in [0.29, 0.717) is 19.8 Å². The van der Waals surface area contributed by atoms with Crippen molar-refractivity contribution in [2.45, 2.75) is 26.3 Å². The van der Waals surface area contributed by atoms with Gasteiger partial charge < -0.3 is 14.6 Å². The van der Waals surface area contributed by atoms with Gasteiger partial charge in [0.25, 0.3) is 0 Å². The van der Waals surface area contributed by atoms with Crippen LogP contribution in [0.3, 0.4) is 0 Å². The van der Waals surface area contributed by atoms with Crippen LogP contribution in [-0.4, -0.2) is 42.3 Å². The number of hydrogen-bond acceptors (Lipinski definition) is 4. The molecule has 114 valence electrons. The van der Waals surface area contributed by atoms with E-state index in [1.165, 1.54) is 0 Å². The highest BCUT2D eigenvalue weighted by atomic mass is 16.6. The Bertz CT molecular complexity index is 545. The lowest BCUT2D eigenvalue weighted by atomic mass is 9.82. The summed E-state index contributed by atoms with van der Waals surface area (Å²) < 4.78 is 11.1. The Morgan fingerprint density at radius 2 is 2.10 bits per heavy atom. The Kier molecular flexibility index (Phi) is 3.76. The zero-order chi connectivity index (χ0) is 14.9. The summed E-state index contributed by atoms with van der Waals surface area (Å²) in [6, 6.07) is 5.96. The van der Waals surface area contributed by atoms with Crippen molar-refractivity contribution in [2.24, 2.45) is 5.41 Å². The number of aliphatic carboxylic acids is 1. The smallest absolute Gasteiger partial charge is 0.310 e. The highest BCUT2D eigenvalue weighted by Crippen LogP contribution is 2.33. The Balaban J connectivity index is 1.70. The molecule has 3 rings (SSSR count). The number of likely N-dealkylation sites (tertiary alicyclic amines) is 1. The lowest BCUT2D eigenvalue weighted by Crippen LogP contribution is -2.45. The average molecular weight is 291 g/mol. The number of carboxylic acid groups (broad SMARTS) is 1. The molecule has 5 nitrogen and oxygen atoms in total. The van der Waals surface area contributed by atoms with Crippen molar-refractivity contribution >= 4 is 5.97 Å². The van der Waals surface area contributed by atoms with Crippen molar-refractivity contribution < 1.29 is 19.4 Å². The van der Waals surface area contributed by atoms with E-state index < -0.39 is 11.4 Å². The third-order valence-corrected chi connectivity index (χ3v) is 4.30. The molecule has 0 radical (unpaired) electrons. The van der Waals surface area contributed by atoms with E-state index in [4.69, 9.17) is 9.47 Å².